The quantitative estimate of drug-likeness (QED) is 0.650. The van der Waals surface area contributed by atoms with E-state index >= 15 is 0 Å². The van der Waals surface area contributed by atoms with Crippen molar-refractivity contribution in [3.63, 3.8) is 0 Å². The Morgan fingerprint density at radius 3 is 1.77 bits per heavy atom. The molecule has 78 valence electrons. The first kappa shape index (κ1) is 14.7. The highest BCUT2D eigenvalue weighted by Crippen LogP contribution is 2.15. The van der Waals surface area contributed by atoms with Crippen molar-refractivity contribution in [1.82, 2.24) is 5.32 Å². The summed E-state index contributed by atoms with van der Waals surface area (Å²) in [5.74, 6) is -0.0915. The third kappa shape index (κ3) is 7.53. The van der Waals surface area contributed by atoms with E-state index in [0.29, 0.717) is 5.57 Å². The van der Waals surface area contributed by atoms with Gasteiger partial charge in [0.05, 0.1) is 0 Å². The summed E-state index contributed by atoms with van der Waals surface area (Å²) >= 11 is 0. The fourth-order valence-electron chi connectivity index (χ4n) is 0.983. The number of amides is 1. The van der Waals surface area contributed by atoms with Crippen LogP contribution < -0.4 is 11.1 Å². The second kappa shape index (κ2) is 9.26. The van der Waals surface area contributed by atoms with Crippen molar-refractivity contribution >= 4 is 5.91 Å². The summed E-state index contributed by atoms with van der Waals surface area (Å²) in [5, 5.41) is 2.75. The van der Waals surface area contributed by atoms with E-state index in [0.717, 1.165) is 12.8 Å². The van der Waals surface area contributed by atoms with E-state index in [2.05, 4.69) is 11.9 Å². The minimum absolute atomic E-state index is 0.275. The molecule has 0 aromatic rings. The highest BCUT2D eigenvalue weighted by molar-refractivity contribution is 5.91. The van der Waals surface area contributed by atoms with Crippen LogP contribution in [0, 0.1) is 5.92 Å². The molecule has 0 radical (unpaired) electrons. The molecule has 3 N–H and O–H groups in total. The van der Waals surface area contributed by atoms with Crippen LogP contribution in [0.5, 0.6) is 0 Å². The summed E-state index contributed by atoms with van der Waals surface area (Å²) in [7, 11) is 3.75. The van der Waals surface area contributed by atoms with Gasteiger partial charge in [-0.25, -0.2) is 0 Å². The lowest BCUT2D eigenvalue weighted by Crippen LogP contribution is -2.18. The zero-order valence-electron chi connectivity index (χ0n) is 9.18. The van der Waals surface area contributed by atoms with Gasteiger partial charge in [-0.15, -0.1) is 0 Å². The third-order valence-corrected chi connectivity index (χ3v) is 1.79. The lowest BCUT2D eigenvalue weighted by atomic mass is 9.95. The van der Waals surface area contributed by atoms with Gasteiger partial charge in [0.2, 0.25) is 5.91 Å². The molecule has 1 amide bonds. The van der Waals surface area contributed by atoms with E-state index in [1.807, 2.05) is 27.9 Å². The SMILES string of the molecule is C=C(C(N)=O)C(CC)CC.CNC. The molecule has 0 saturated carbocycles. The molecule has 0 bridgehead atoms. The number of hydrogen-bond acceptors (Lipinski definition) is 2. The zero-order chi connectivity index (χ0) is 10.9. The number of hydrogen-bond donors (Lipinski definition) is 2. The van der Waals surface area contributed by atoms with Crippen LogP contribution in [0.2, 0.25) is 0 Å². The van der Waals surface area contributed by atoms with Crippen molar-refractivity contribution in [3.05, 3.63) is 12.2 Å². The number of nitrogens with one attached hydrogen (secondary N) is 1. The van der Waals surface area contributed by atoms with E-state index in [9.17, 15) is 4.79 Å². The zero-order valence-corrected chi connectivity index (χ0v) is 9.18. The van der Waals surface area contributed by atoms with Crippen molar-refractivity contribution in [2.75, 3.05) is 14.1 Å². The molecule has 0 heterocycles. The Kier molecular flexibility index (Phi) is 10.5. The van der Waals surface area contributed by atoms with Crippen LogP contribution in [0.3, 0.4) is 0 Å². The lowest BCUT2D eigenvalue weighted by molar-refractivity contribution is -0.115. The van der Waals surface area contributed by atoms with Gasteiger partial charge >= 0.3 is 0 Å². The van der Waals surface area contributed by atoms with Crippen LogP contribution in [-0.2, 0) is 4.79 Å². The number of rotatable bonds is 4. The van der Waals surface area contributed by atoms with Crippen molar-refractivity contribution in [1.29, 1.82) is 0 Å². The van der Waals surface area contributed by atoms with E-state index < -0.39 is 0 Å². The minimum atomic E-state index is -0.367. The van der Waals surface area contributed by atoms with Gasteiger partial charge in [0, 0.05) is 5.57 Å². The molecular formula is C10H22N2O. The Morgan fingerprint density at radius 1 is 1.38 bits per heavy atom. The molecule has 3 heteroatoms. The molecule has 0 atom stereocenters. The molecule has 0 aliphatic carbocycles. The lowest BCUT2D eigenvalue weighted by Gasteiger charge is -2.11. The van der Waals surface area contributed by atoms with Gasteiger partial charge in [0.1, 0.15) is 0 Å². The summed E-state index contributed by atoms with van der Waals surface area (Å²) in [5.41, 5.74) is 5.61. The Balaban J connectivity index is 0. The first-order valence-corrected chi connectivity index (χ1v) is 4.62. The summed E-state index contributed by atoms with van der Waals surface area (Å²) in [4.78, 5) is 10.6. The monoisotopic (exact) mass is 186 g/mol. The third-order valence-electron chi connectivity index (χ3n) is 1.79. The maximum absolute atomic E-state index is 10.6. The number of carbonyl (C=O) groups excluding carboxylic acids is 1. The van der Waals surface area contributed by atoms with Crippen LogP contribution in [0.15, 0.2) is 12.2 Å². The van der Waals surface area contributed by atoms with E-state index in [-0.39, 0.29) is 11.8 Å². The van der Waals surface area contributed by atoms with E-state index in [4.69, 9.17) is 5.73 Å². The van der Waals surface area contributed by atoms with Crippen molar-refractivity contribution in [2.24, 2.45) is 11.7 Å². The Hall–Kier alpha value is -0.830. The van der Waals surface area contributed by atoms with Gasteiger partial charge in [0.25, 0.3) is 0 Å². The molecule has 0 aromatic carbocycles. The average molecular weight is 186 g/mol. The van der Waals surface area contributed by atoms with Gasteiger partial charge in [0.15, 0.2) is 0 Å². The molecule has 0 saturated heterocycles. The van der Waals surface area contributed by atoms with Crippen molar-refractivity contribution in [3.8, 4) is 0 Å². The summed E-state index contributed by atoms with van der Waals surface area (Å²) in [6, 6.07) is 0. The van der Waals surface area contributed by atoms with Crippen LogP contribution in [0.4, 0.5) is 0 Å². The van der Waals surface area contributed by atoms with Crippen LogP contribution >= 0.6 is 0 Å². The largest absolute Gasteiger partial charge is 0.366 e. The maximum Gasteiger partial charge on any atom is 0.244 e. The fraction of sp³-hybridized carbons (Fsp3) is 0.700. The molecular weight excluding hydrogens is 164 g/mol. The normalized spacial score (nSPS) is 9.00. The van der Waals surface area contributed by atoms with Gasteiger partial charge in [-0.1, -0.05) is 20.4 Å². The summed E-state index contributed by atoms with van der Waals surface area (Å²) in [6.07, 6.45) is 1.89. The summed E-state index contributed by atoms with van der Waals surface area (Å²) < 4.78 is 0. The molecule has 0 aromatic heterocycles. The Bertz CT molecular complexity index is 151. The minimum Gasteiger partial charge on any atom is -0.366 e. The molecule has 0 unspecified atom stereocenters. The van der Waals surface area contributed by atoms with Gasteiger partial charge < -0.3 is 11.1 Å². The smallest absolute Gasteiger partial charge is 0.244 e. The van der Waals surface area contributed by atoms with Crippen LogP contribution in [0.25, 0.3) is 0 Å². The molecule has 0 aliphatic heterocycles. The number of carbonyl (C=O) groups is 1. The Labute approximate surface area is 81.4 Å². The molecule has 13 heavy (non-hydrogen) atoms. The van der Waals surface area contributed by atoms with Crippen molar-refractivity contribution < 1.29 is 4.79 Å². The van der Waals surface area contributed by atoms with Crippen LogP contribution in [0.1, 0.15) is 26.7 Å². The number of primary amides is 1. The second-order valence-corrected chi connectivity index (χ2v) is 2.90. The average Bonchev–Trinajstić information content (AvgIpc) is 2.07. The Morgan fingerprint density at radius 2 is 1.69 bits per heavy atom. The molecule has 3 nitrogen and oxygen atoms in total. The first-order chi connectivity index (χ1) is 6.04. The molecule has 0 spiro atoms. The first-order valence-electron chi connectivity index (χ1n) is 4.62. The predicted molar refractivity (Wildman–Crippen MR) is 57.4 cm³/mol. The highest BCUT2D eigenvalue weighted by atomic mass is 16.1. The van der Waals surface area contributed by atoms with Gasteiger partial charge in [-0.2, -0.15) is 0 Å². The van der Waals surface area contributed by atoms with Crippen molar-refractivity contribution in [2.45, 2.75) is 26.7 Å². The summed E-state index contributed by atoms with van der Waals surface area (Å²) in [6.45, 7) is 7.68. The maximum atomic E-state index is 10.6. The van der Waals surface area contributed by atoms with Crippen LogP contribution in [-0.4, -0.2) is 20.0 Å². The highest BCUT2D eigenvalue weighted by Gasteiger charge is 2.11. The van der Waals surface area contributed by atoms with Gasteiger partial charge in [-0.05, 0) is 32.9 Å². The second-order valence-electron chi connectivity index (χ2n) is 2.90. The molecule has 0 fully saturated rings. The topological polar surface area (TPSA) is 55.1 Å². The molecule has 0 aliphatic rings. The van der Waals surface area contributed by atoms with E-state index in [1.54, 1.807) is 0 Å². The fourth-order valence-corrected chi connectivity index (χ4v) is 0.983. The number of nitrogens with two attached hydrogens (primary N) is 1. The molecule has 0 rings (SSSR count). The van der Waals surface area contributed by atoms with Gasteiger partial charge in [-0.3, -0.25) is 4.79 Å². The standard InChI is InChI=1S/C8H15NO.C2H7N/c1-4-7(5-2)6(3)8(9)10;1-3-2/h7H,3-5H2,1-2H3,(H2,9,10);3H,1-2H3. The van der Waals surface area contributed by atoms with E-state index in [1.165, 1.54) is 0 Å². The predicted octanol–water partition coefficient (Wildman–Crippen LogP) is 1.30.